The molecule has 0 aliphatic carbocycles. The Labute approximate surface area is 96.0 Å². The molecule has 0 saturated heterocycles. The van der Waals surface area contributed by atoms with Crippen LogP contribution in [0, 0.1) is 11.6 Å². The topological polar surface area (TPSA) is 24.9 Å². The molecule has 0 aliphatic rings. The van der Waals surface area contributed by atoms with Crippen molar-refractivity contribution in [1.29, 1.82) is 0 Å². The van der Waals surface area contributed by atoms with Gasteiger partial charge in [-0.15, -0.1) is 11.3 Å². The predicted molar refractivity (Wildman–Crippen MR) is 60.5 cm³/mol. The summed E-state index contributed by atoms with van der Waals surface area (Å²) in [6.45, 7) is 1.91. The first-order valence-electron chi connectivity index (χ1n) is 4.76. The lowest BCUT2D eigenvalue weighted by Gasteiger charge is -2.13. The van der Waals surface area contributed by atoms with Crippen molar-refractivity contribution < 1.29 is 8.78 Å². The highest BCUT2D eigenvalue weighted by Crippen LogP contribution is 2.22. The van der Waals surface area contributed by atoms with Gasteiger partial charge in [0, 0.05) is 22.8 Å². The summed E-state index contributed by atoms with van der Waals surface area (Å²) in [7, 11) is 0. The number of anilines is 1. The summed E-state index contributed by atoms with van der Waals surface area (Å²) in [5.74, 6) is -1.17. The Bertz CT molecular complexity index is 451. The van der Waals surface area contributed by atoms with Crippen LogP contribution in [0.5, 0.6) is 0 Å². The van der Waals surface area contributed by atoms with E-state index in [2.05, 4.69) is 10.3 Å². The first-order chi connectivity index (χ1) is 7.65. The van der Waals surface area contributed by atoms with E-state index >= 15 is 0 Å². The zero-order valence-electron chi connectivity index (χ0n) is 8.58. The van der Waals surface area contributed by atoms with Crippen molar-refractivity contribution in [1.82, 2.24) is 4.98 Å². The molecule has 0 fully saturated rings. The second-order valence-electron chi connectivity index (χ2n) is 3.43. The van der Waals surface area contributed by atoms with E-state index in [1.165, 1.54) is 23.5 Å². The lowest BCUT2D eigenvalue weighted by atomic mass is 10.2. The molecule has 0 aliphatic heterocycles. The van der Waals surface area contributed by atoms with Crippen LogP contribution in [0.2, 0.25) is 0 Å². The van der Waals surface area contributed by atoms with Crippen LogP contribution >= 0.6 is 11.3 Å². The summed E-state index contributed by atoms with van der Waals surface area (Å²) in [5.41, 5.74) is 2.15. The normalized spacial score (nSPS) is 12.4. The quantitative estimate of drug-likeness (QED) is 0.886. The number of hydrogen-bond donors (Lipinski definition) is 1. The molecule has 1 aromatic carbocycles. The fraction of sp³-hybridized carbons (Fsp3) is 0.182. The van der Waals surface area contributed by atoms with Crippen molar-refractivity contribution in [3.05, 3.63) is 46.4 Å². The smallest absolute Gasteiger partial charge is 0.128 e. The molecule has 1 unspecified atom stereocenters. The van der Waals surface area contributed by atoms with Gasteiger partial charge in [-0.25, -0.2) is 8.78 Å². The largest absolute Gasteiger partial charge is 0.377 e. The standard InChI is InChI=1S/C11H10F2N2S/c1-7(11-5-14-6-16-11)15-10-3-8(12)2-9(13)4-10/h2-7,15H,1H3. The van der Waals surface area contributed by atoms with E-state index in [0.717, 1.165) is 10.9 Å². The average Bonchev–Trinajstić information content (AvgIpc) is 2.68. The van der Waals surface area contributed by atoms with Gasteiger partial charge < -0.3 is 5.32 Å². The molecule has 0 amide bonds. The number of nitrogens with zero attached hydrogens (tertiary/aromatic N) is 1. The third-order valence-corrected chi connectivity index (χ3v) is 3.08. The van der Waals surface area contributed by atoms with Crippen LogP contribution in [0.25, 0.3) is 0 Å². The molecule has 16 heavy (non-hydrogen) atoms. The maximum atomic E-state index is 12.9. The molecule has 1 atom stereocenters. The molecule has 1 N–H and O–H groups in total. The van der Waals surface area contributed by atoms with Crippen LogP contribution in [0.3, 0.4) is 0 Å². The highest BCUT2D eigenvalue weighted by molar-refractivity contribution is 7.09. The van der Waals surface area contributed by atoms with Crippen molar-refractivity contribution in [2.24, 2.45) is 0 Å². The Kier molecular flexibility index (Phi) is 3.14. The van der Waals surface area contributed by atoms with E-state index < -0.39 is 11.6 Å². The lowest BCUT2D eigenvalue weighted by molar-refractivity contribution is 0.583. The molecule has 5 heteroatoms. The minimum atomic E-state index is -0.584. The van der Waals surface area contributed by atoms with Gasteiger partial charge in [-0.2, -0.15) is 0 Å². The van der Waals surface area contributed by atoms with Crippen LogP contribution in [-0.4, -0.2) is 4.98 Å². The molecular weight excluding hydrogens is 230 g/mol. The third-order valence-electron chi connectivity index (χ3n) is 2.12. The summed E-state index contributed by atoms with van der Waals surface area (Å²) in [5, 5.41) is 3.02. The minimum Gasteiger partial charge on any atom is -0.377 e. The molecule has 84 valence electrons. The summed E-state index contributed by atoms with van der Waals surface area (Å²) in [6, 6.07) is 3.36. The van der Waals surface area contributed by atoms with E-state index in [0.29, 0.717) is 5.69 Å². The lowest BCUT2D eigenvalue weighted by Crippen LogP contribution is -2.05. The molecule has 0 saturated carbocycles. The Morgan fingerprint density at radius 2 is 1.94 bits per heavy atom. The molecule has 0 radical (unpaired) electrons. The van der Waals surface area contributed by atoms with Gasteiger partial charge in [0.25, 0.3) is 0 Å². The monoisotopic (exact) mass is 240 g/mol. The number of thiazole rings is 1. The van der Waals surface area contributed by atoms with E-state index in [4.69, 9.17) is 0 Å². The highest BCUT2D eigenvalue weighted by Gasteiger charge is 2.08. The SMILES string of the molecule is CC(Nc1cc(F)cc(F)c1)c1cncs1. The summed E-state index contributed by atoms with van der Waals surface area (Å²) in [6.07, 6.45) is 1.73. The molecule has 2 nitrogen and oxygen atoms in total. The van der Waals surface area contributed by atoms with Crippen molar-refractivity contribution in [3.8, 4) is 0 Å². The van der Waals surface area contributed by atoms with Crippen LogP contribution < -0.4 is 5.32 Å². The molecule has 0 bridgehead atoms. The summed E-state index contributed by atoms with van der Waals surface area (Å²) < 4.78 is 25.9. The first kappa shape index (κ1) is 11.0. The molecule has 2 rings (SSSR count). The minimum absolute atomic E-state index is 0.0197. The average molecular weight is 240 g/mol. The summed E-state index contributed by atoms with van der Waals surface area (Å²) in [4.78, 5) is 4.97. The number of hydrogen-bond acceptors (Lipinski definition) is 3. The Hall–Kier alpha value is -1.49. The molecule has 2 aromatic rings. The van der Waals surface area contributed by atoms with Gasteiger partial charge in [0.2, 0.25) is 0 Å². The third kappa shape index (κ3) is 2.55. The summed E-state index contributed by atoms with van der Waals surface area (Å²) >= 11 is 1.50. The number of benzene rings is 1. The molecule has 1 heterocycles. The van der Waals surface area contributed by atoms with Gasteiger partial charge >= 0.3 is 0 Å². The number of aromatic nitrogens is 1. The second-order valence-corrected chi connectivity index (χ2v) is 4.35. The Morgan fingerprint density at radius 3 is 2.50 bits per heavy atom. The second kappa shape index (κ2) is 4.57. The van der Waals surface area contributed by atoms with Gasteiger partial charge in [0.1, 0.15) is 11.6 Å². The van der Waals surface area contributed by atoms with E-state index in [1.54, 1.807) is 11.7 Å². The Balaban J connectivity index is 2.15. The molecule has 0 spiro atoms. The zero-order valence-corrected chi connectivity index (χ0v) is 9.39. The molecule has 1 aromatic heterocycles. The van der Waals surface area contributed by atoms with Gasteiger partial charge in [0.15, 0.2) is 0 Å². The van der Waals surface area contributed by atoms with E-state index in [9.17, 15) is 8.78 Å². The zero-order chi connectivity index (χ0) is 11.5. The fourth-order valence-electron chi connectivity index (χ4n) is 1.40. The van der Waals surface area contributed by atoms with Gasteiger partial charge in [-0.1, -0.05) is 0 Å². The van der Waals surface area contributed by atoms with Crippen LogP contribution in [-0.2, 0) is 0 Å². The fourth-order valence-corrected chi connectivity index (χ4v) is 2.03. The number of nitrogens with one attached hydrogen (secondary N) is 1. The van der Waals surface area contributed by atoms with E-state index in [1.807, 2.05) is 6.92 Å². The van der Waals surface area contributed by atoms with E-state index in [-0.39, 0.29) is 6.04 Å². The van der Waals surface area contributed by atoms with Crippen molar-refractivity contribution >= 4 is 17.0 Å². The van der Waals surface area contributed by atoms with Gasteiger partial charge in [0.05, 0.1) is 11.6 Å². The predicted octanol–water partition coefficient (Wildman–Crippen LogP) is 3.59. The Morgan fingerprint density at radius 1 is 1.25 bits per heavy atom. The number of halogens is 2. The van der Waals surface area contributed by atoms with Gasteiger partial charge in [-0.3, -0.25) is 4.98 Å². The van der Waals surface area contributed by atoms with Crippen molar-refractivity contribution in [2.45, 2.75) is 13.0 Å². The maximum absolute atomic E-state index is 12.9. The van der Waals surface area contributed by atoms with Crippen LogP contribution in [0.1, 0.15) is 17.8 Å². The maximum Gasteiger partial charge on any atom is 0.128 e. The molecular formula is C11H10F2N2S. The van der Waals surface area contributed by atoms with Crippen LogP contribution in [0.4, 0.5) is 14.5 Å². The highest BCUT2D eigenvalue weighted by atomic mass is 32.1. The number of rotatable bonds is 3. The first-order valence-corrected chi connectivity index (χ1v) is 5.64. The van der Waals surface area contributed by atoms with Crippen LogP contribution in [0.15, 0.2) is 29.9 Å². The van der Waals surface area contributed by atoms with Crippen molar-refractivity contribution in [3.63, 3.8) is 0 Å². The van der Waals surface area contributed by atoms with Crippen molar-refractivity contribution in [2.75, 3.05) is 5.32 Å². The van der Waals surface area contributed by atoms with Gasteiger partial charge in [-0.05, 0) is 19.1 Å².